The summed E-state index contributed by atoms with van der Waals surface area (Å²) >= 11 is 0. The van der Waals surface area contributed by atoms with Gasteiger partial charge in [0, 0.05) is 17.6 Å². The first kappa shape index (κ1) is 17.7. The molecule has 2 atom stereocenters. The van der Waals surface area contributed by atoms with Crippen LogP contribution < -0.4 is 9.47 Å². The SMILES string of the molecule is CCCOc1cc(-c2cc([C@H]3CB(O)OC3C)cnn2)ccc1OC. The molecule has 1 N–H and O–H groups in total. The Labute approximate surface area is 148 Å². The normalized spacial score (nSPS) is 19.9. The summed E-state index contributed by atoms with van der Waals surface area (Å²) in [5.74, 6) is 1.50. The van der Waals surface area contributed by atoms with Gasteiger partial charge in [-0.1, -0.05) is 6.92 Å². The van der Waals surface area contributed by atoms with Crippen molar-refractivity contribution in [1.82, 2.24) is 10.2 Å². The Bertz CT molecular complexity index is 728. The lowest BCUT2D eigenvalue weighted by molar-refractivity contribution is 0.205. The topological polar surface area (TPSA) is 73.7 Å². The lowest BCUT2D eigenvalue weighted by atomic mass is 9.78. The van der Waals surface area contributed by atoms with Crippen molar-refractivity contribution in [1.29, 1.82) is 0 Å². The molecular weight excluding hydrogens is 319 g/mol. The van der Waals surface area contributed by atoms with Crippen LogP contribution >= 0.6 is 0 Å². The first-order valence-corrected chi connectivity index (χ1v) is 8.59. The molecule has 2 aromatic rings. The highest BCUT2D eigenvalue weighted by Crippen LogP contribution is 2.36. The van der Waals surface area contributed by atoms with E-state index in [2.05, 4.69) is 17.1 Å². The molecule has 3 rings (SSSR count). The van der Waals surface area contributed by atoms with E-state index >= 15 is 0 Å². The van der Waals surface area contributed by atoms with Gasteiger partial charge in [-0.25, -0.2) is 0 Å². The number of aromatic nitrogens is 2. The Morgan fingerprint density at radius 3 is 2.84 bits per heavy atom. The summed E-state index contributed by atoms with van der Waals surface area (Å²) in [5.41, 5.74) is 2.68. The van der Waals surface area contributed by atoms with Gasteiger partial charge in [0.2, 0.25) is 0 Å². The smallest absolute Gasteiger partial charge is 0.455 e. The summed E-state index contributed by atoms with van der Waals surface area (Å²) in [5, 5.41) is 18.1. The predicted molar refractivity (Wildman–Crippen MR) is 95.9 cm³/mol. The number of benzene rings is 1. The molecular formula is C18H23BN2O4. The highest BCUT2D eigenvalue weighted by molar-refractivity contribution is 6.44. The maximum atomic E-state index is 9.71. The molecule has 1 saturated heterocycles. The molecule has 1 aliphatic rings. The van der Waals surface area contributed by atoms with E-state index in [1.807, 2.05) is 31.2 Å². The molecule has 2 heterocycles. The Morgan fingerprint density at radius 2 is 2.16 bits per heavy atom. The van der Waals surface area contributed by atoms with E-state index in [9.17, 15) is 5.02 Å². The summed E-state index contributed by atoms with van der Waals surface area (Å²) in [4.78, 5) is 0. The van der Waals surface area contributed by atoms with Gasteiger partial charge in [0.1, 0.15) is 0 Å². The minimum absolute atomic E-state index is 0.0497. The second-order valence-corrected chi connectivity index (χ2v) is 6.23. The van der Waals surface area contributed by atoms with Gasteiger partial charge < -0.3 is 19.2 Å². The predicted octanol–water partition coefficient (Wildman–Crippen LogP) is 2.92. The minimum atomic E-state index is -0.716. The zero-order valence-electron chi connectivity index (χ0n) is 14.8. The Balaban J connectivity index is 1.90. The van der Waals surface area contributed by atoms with Crippen molar-refractivity contribution in [2.75, 3.05) is 13.7 Å². The molecule has 25 heavy (non-hydrogen) atoms. The van der Waals surface area contributed by atoms with Crippen molar-refractivity contribution in [3.8, 4) is 22.8 Å². The van der Waals surface area contributed by atoms with Gasteiger partial charge in [0.05, 0.1) is 25.6 Å². The Hall–Kier alpha value is -2.12. The fourth-order valence-electron chi connectivity index (χ4n) is 3.10. The zero-order valence-corrected chi connectivity index (χ0v) is 14.8. The van der Waals surface area contributed by atoms with Crippen LogP contribution in [0.3, 0.4) is 0 Å². The molecule has 0 saturated carbocycles. The van der Waals surface area contributed by atoms with Crippen LogP contribution in [0.4, 0.5) is 0 Å². The number of rotatable bonds is 6. The van der Waals surface area contributed by atoms with Gasteiger partial charge in [-0.05, 0) is 49.5 Å². The van der Waals surface area contributed by atoms with Gasteiger partial charge in [0.15, 0.2) is 11.5 Å². The molecule has 1 fully saturated rings. The minimum Gasteiger partial charge on any atom is -0.493 e. The van der Waals surface area contributed by atoms with Crippen molar-refractivity contribution in [3.63, 3.8) is 0 Å². The monoisotopic (exact) mass is 342 g/mol. The maximum Gasteiger partial charge on any atom is 0.455 e. The summed E-state index contributed by atoms with van der Waals surface area (Å²) < 4.78 is 16.6. The molecule has 6 nitrogen and oxygen atoms in total. The second-order valence-electron chi connectivity index (χ2n) is 6.23. The van der Waals surface area contributed by atoms with E-state index in [0.29, 0.717) is 24.4 Å². The average Bonchev–Trinajstić information content (AvgIpc) is 2.98. The van der Waals surface area contributed by atoms with Crippen LogP contribution in [0, 0.1) is 0 Å². The van der Waals surface area contributed by atoms with Crippen LogP contribution in [-0.2, 0) is 4.65 Å². The van der Waals surface area contributed by atoms with Crippen molar-refractivity contribution in [2.24, 2.45) is 0 Å². The molecule has 0 bridgehead atoms. The van der Waals surface area contributed by atoms with E-state index in [-0.39, 0.29) is 12.0 Å². The van der Waals surface area contributed by atoms with Gasteiger partial charge >= 0.3 is 7.12 Å². The highest BCUT2D eigenvalue weighted by atomic mass is 16.5. The van der Waals surface area contributed by atoms with Crippen LogP contribution in [0.1, 0.15) is 31.7 Å². The highest BCUT2D eigenvalue weighted by Gasteiger charge is 2.36. The summed E-state index contributed by atoms with van der Waals surface area (Å²) in [6, 6.07) is 7.74. The third-order valence-electron chi connectivity index (χ3n) is 4.42. The molecule has 7 heteroatoms. The second kappa shape index (κ2) is 7.84. The van der Waals surface area contributed by atoms with Crippen LogP contribution in [0.15, 0.2) is 30.5 Å². The van der Waals surface area contributed by atoms with E-state index in [1.165, 1.54) is 0 Å². The molecule has 1 aliphatic heterocycles. The number of nitrogens with zero attached hydrogens (tertiary/aromatic N) is 2. The standard InChI is InChI=1S/C18H23BN2O4/c1-4-7-24-18-9-13(5-6-17(18)23-3)16-8-14(11-20-21-16)15-10-19(22)25-12(15)2/h5-6,8-9,11-12,15,22H,4,7,10H2,1-3H3/t12?,15-/m0/s1. The first-order chi connectivity index (χ1) is 12.1. The van der Waals surface area contributed by atoms with Crippen LogP contribution in [0.2, 0.25) is 6.32 Å². The molecule has 0 amide bonds. The summed E-state index contributed by atoms with van der Waals surface area (Å²) in [6.07, 6.45) is 3.18. The molecule has 1 aromatic heterocycles. The fraction of sp³-hybridized carbons (Fsp3) is 0.444. The lowest BCUT2D eigenvalue weighted by Crippen LogP contribution is -2.12. The molecule has 0 spiro atoms. The Kier molecular flexibility index (Phi) is 5.55. The van der Waals surface area contributed by atoms with Gasteiger partial charge in [-0.3, -0.25) is 0 Å². The fourth-order valence-corrected chi connectivity index (χ4v) is 3.10. The molecule has 1 aromatic carbocycles. The van der Waals surface area contributed by atoms with Crippen LogP contribution in [-0.4, -0.2) is 42.2 Å². The van der Waals surface area contributed by atoms with Crippen molar-refractivity contribution in [3.05, 3.63) is 36.0 Å². The molecule has 0 aliphatic carbocycles. The largest absolute Gasteiger partial charge is 0.493 e. The van der Waals surface area contributed by atoms with Gasteiger partial charge in [-0.2, -0.15) is 10.2 Å². The van der Waals surface area contributed by atoms with E-state index in [1.54, 1.807) is 13.3 Å². The van der Waals surface area contributed by atoms with Crippen LogP contribution in [0.5, 0.6) is 11.5 Å². The summed E-state index contributed by atoms with van der Waals surface area (Å²) in [7, 11) is 0.910. The van der Waals surface area contributed by atoms with E-state index < -0.39 is 7.12 Å². The molecule has 0 radical (unpaired) electrons. The first-order valence-electron chi connectivity index (χ1n) is 8.59. The van der Waals surface area contributed by atoms with Gasteiger partial charge in [-0.15, -0.1) is 0 Å². The number of ether oxygens (including phenoxy) is 2. The zero-order chi connectivity index (χ0) is 17.8. The summed E-state index contributed by atoms with van der Waals surface area (Å²) in [6.45, 7) is 4.65. The molecule has 1 unspecified atom stereocenters. The van der Waals surface area contributed by atoms with Crippen molar-refractivity contribution < 1.29 is 19.2 Å². The number of methoxy groups -OCH3 is 1. The maximum absolute atomic E-state index is 9.71. The lowest BCUT2D eigenvalue weighted by Gasteiger charge is -2.15. The average molecular weight is 342 g/mol. The Morgan fingerprint density at radius 1 is 1.32 bits per heavy atom. The van der Waals surface area contributed by atoms with E-state index in [0.717, 1.165) is 23.2 Å². The van der Waals surface area contributed by atoms with Gasteiger partial charge in [0.25, 0.3) is 0 Å². The van der Waals surface area contributed by atoms with Crippen LogP contribution in [0.25, 0.3) is 11.3 Å². The third-order valence-corrected chi connectivity index (χ3v) is 4.42. The number of hydrogen-bond donors (Lipinski definition) is 1. The number of hydrogen-bond acceptors (Lipinski definition) is 6. The quantitative estimate of drug-likeness (QED) is 0.814. The van der Waals surface area contributed by atoms with Crippen molar-refractivity contribution >= 4 is 7.12 Å². The van der Waals surface area contributed by atoms with E-state index in [4.69, 9.17) is 14.1 Å². The molecule has 132 valence electrons. The van der Waals surface area contributed by atoms with Crippen molar-refractivity contribution in [2.45, 2.75) is 38.6 Å². The third kappa shape index (κ3) is 3.94.